The predicted molar refractivity (Wildman–Crippen MR) is 74.4 cm³/mol. The number of hydrogen-bond acceptors (Lipinski definition) is 2. The van der Waals surface area contributed by atoms with Crippen molar-refractivity contribution in [3.05, 3.63) is 0 Å². The number of likely N-dealkylation sites (tertiary alicyclic amines) is 1. The fraction of sp³-hybridized carbons (Fsp3) is 0.933. The number of hydrogen-bond donors (Lipinski definition) is 1. The average molecular weight is 252 g/mol. The van der Waals surface area contributed by atoms with E-state index in [-0.39, 0.29) is 5.41 Å². The van der Waals surface area contributed by atoms with Crippen LogP contribution in [0.3, 0.4) is 0 Å². The Balaban J connectivity index is 1.90. The summed E-state index contributed by atoms with van der Waals surface area (Å²) >= 11 is 0. The van der Waals surface area contributed by atoms with E-state index >= 15 is 0 Å². The molecule has 0 aromatic rings. The molecule has 2 fully saturated rings. The maximum Gasteiger partial charge on any atom is 0.230 e. The van der Waals surface area contributed by atoms with E-state index in [4.69, 9.17) is 0 Å². The largest absolute Gasteiger partial charge is 0.342 e. The van der Waals surface area contributed by atoms with Crippen molar-refractivity contribution in [3.63, 3.8) is 0 Å². The molecule has 0 aromatic heterocycles. The number of nitrogens with one attached hydrogen (secondary N) is 1. The third kappa shape index (κ3) is 2.71. The molecule has 104 valence electrons. The minimum absolute atomic E-state index is 0.0857. The molecule has 2 aliphatic heterocycles. The zero-order chi connectivity index (χ0) is 13.0. The summed E-state index contributed by atoms with van der Waals surface area (Å²) in [5.41, 5.74) is -0.0857. The highest BCUT2D eigenvalue weighted by Crippen LogP contribution is 2.33. The van der Waals surface area contributed by atoms with Crippen LogP contribution in [0.2, 0.25) is 0 Å². The van der Waals surface area contributed by atoms with E-state index in [1.165, 1.54) is 25.7 Å². The van der Waals surface area contributed by atoms with Crippen molar-refractivity contribution in [1.29, 1.82) is 0 Å². The molecular weight excluding hydrogens is 224 g/mol. The highest BCUT2D eigenvalue weighted by Gasteiger charge is 2.42. The third-order valence-electron chi connectivity index (χ3n) is 4.97. The normalized spacial score (nSPS) is 29.8. The summed E-state index contributed by atoms with van der Waals surface area (Å²) in [4.78, 5) is 14.8. The summed E-state index contributed by atoms with van der Waals surface area (Å²) < 4.78 is 0. The van der Waals surface area contributed by atoms with E-state index in [2.05, 4.69) is 24.1 Å². The Morgan fingerprint density at radius 3 is 2.56 bits per heavy atom. The van der Waals surface area contributed by atoms with Gasteiger partial charge in [0.1, 0.15) is 0 Å². The zero-order valence-corrected chi connectivity index (χ0v) is 12.0. The van der Waals surface area contributed by atoms with Crippen molar-refractivity contribution in [1.82, 2.24) is 10.2 Å². The van der Waals surface area contributed by atoms with Gasteiger partial charge in [-0.1, -0.05) is 26.7 Å². The standard InChI is InChI=1S/C15H28N2O/c1-3-5-13-6-10-17(11-7-13)14(18)15(4-2)8-9-16-12-15/h13,16H,3-12H2,1-2H3. The molecule has 2 aliphatic rings. The maximum absolute atomic E-state index is 12.7. The maximum atomic E-state index is 12.7. The highest BCUT2D eigenvalue weighted by molar-refractivity contribution is 5.83. The van der Waals surface area contributed by atoms with Crippen LogP contribution >= 0.6 is 0 Å². The Hall–Kier alpha value is -0.570. The van der Waals surface area contributed by atoms with Gasteiger partial charge in [-0.15, -0.1) is 0 Å². The Kier molecular flexibility index (Phi) is 4.66. The Morgan fingerprint density at radius 2 is 2.06 bits per heavy atom. The van der Waals surface area contributed by atoms with Crippen LogP contribution in [0.25, 0.3) is 0 Å². The quantitative estimate of drug-likeness (QED) is 0.833. The van der Waals surface area contributed by atoms with Crippen LogP contribution in [0.4, 0.5) is 0 Å². The molecule has 3 nitrogen and oxygen atoms in total. The second-order valence-electron chi connectivity index (χ2n) is 6.08. The first-order valence-electron chi connectivity index (χ1n) is 7.72. The molecule has 2 saturated heterocycles. The molecule has 18 heavy (non-hydrogen) atoms. The van der Waals surface area contributed by atoms with Gasteiger partial charge in [0.05, 0.1) is 5.41 Å². The van der Waals surface area contributed by atoms with Crippen LogP contribution in [0, 0.1) is 11.3 Å². The van der Waals surface area contributed by atoms with Crippen LogP contribution in [0.1, 0.15) is 52.4 Å². The van der Waals surface area contributed by atoms with Crippen molar-refractivity contribution < 1.29 is 4.79 Å². The lowest BCUT2D eigenvalue weighted by molar-refractivity contribution is -0.142. The van der Waals surface area contributed by atoms with E-state index in [1.807, 2.05) is 0 Å². The SMILES string of the molecule is CCCC1CCN(C(=O)C2(CC)CCNC2)CC1. The van der Waals surface area contributed by atoms with E-state index < -0.39 is 0 Å². The molecule has 1 N–H and O–H groups in total. The van der Waals surface area contributed by atoms with Gasteiger partial charge >= 0.3 is 0 Å². The summed E-state index contributed by atoms with van der Waals surface area (Å²) in [7, 11) is 0. The first-order chi connectivity index (χ1) is 8.72. The predicted octanol–water partition coefficient (Wildman–Crippen LogP) is 2.41. The lowest BCUT2D eigenvalue weighted by Crippen LogP contribution is -2.48. The van der Waals surface area contributed by atoms with Crippen LogP contribution in [-0.4, -0.2) is 37.0 Å². The topological polar surface area (TPSA) is 32.3 Å². The van der Waals surface area contributed by atoms with Crippen LogP contribution < -0.4 is 5.32 Å². The van der Waals surface area contributed by atoms with E-state index in [9.17, 15) is 4.79 Å². The molecule has 0 bridgehead atoms. The molecule has 2 rings (SSSR count). The molecule has 0 aromatic carbocycles. The average Bonchev–Trinajstić information content (AvgIpc) is 2.89. The van der Waals surface area contributed by atoms with Gasteiger partial charge in [0.15, 0.2) is 0 Å². The number of nitrogens with zero attached hydrogens (tertiary/aromatic N) is 1. The van der Waals surface area contributed by atoms with Gasteiger partial charge in [-0.2, -0.15) is 0 Å². The van der Waals surface area contributed by atoms with Gasteiger partial charge in [0.25, 0.3) is 0 Å². The van der Waals surface area contributed by atoms with Crippen molar-refractivity contribution in [2.45, 2.75) is 52.4 Å². The summed E-state index contributed by atoms with van der Waals surface area (Å²) in [6.45, 7) is 8.29. The highest BCUT2D eigenvalue weighted by atomic mass is 16.2. The van der Waals surface area contributed by atoms with Gasteiger partial charge < -0.3 is 10.2 Å². The number of carbonyl (C=O) groups is 1. The molecule has 0 aliphatic carbocycles. The molecule has 0 spiro atoms. The third-order valence-corrected chi connectivity index (χ3v) is 4.97. The Bertz CT molecular complexity index is 276. The van der Waals surface area contributed by atoms with Gasteiger partial charge in [-0.3, -0.25) is 4.79 Å². The Morgan fingerprint density at radius 1 is 1.33 bits per heavy atom. The lowest BCUT2D eigenvalue weighted by atomic mass is 9.81. The molecular formula is C15H28N2O. The van der Waals surface area contributed by atoms with Crippen LogP contribution in [-0.2, 0) is 4.79 Å². The number of carbonyl (C=O) groups excluding carboxylic acids is 1. The monoisotopic (exact) mass is 252 g/mol. The zero-order valence-electron chi connectivity index (χ0n) is 12.0. The lowest BCUT2D eigenvalue weighted by Gasteiger charge is -2.37. The summed E-state index contributed by atoms with van der Waals surface area (Å²) in [5.74, 6) is 1.28. The second-order valence-corrected chi connectivity index (χ2v) is 6.08. The van der Waals surface area contributed by atoms with Crippen molar-refractivity contribution in [2.75, 3.05) is 26.2 Å². The van der Waals surface area contributed by atoms with E-state index in [0.717, 1.165) is 44.9 Å². The minimum atomic E-state index is -0.0857. The fourth-order valence-electron chi connectivity index (χ4n) is 3.55. The van der Waals surface area contributed by atoms with Gasteiger partial charge in [-0.25, -0.2) is 0 Å². The second kappa shape index (κ2) is 6.05. The molecule has 2 heterocycles. The van der Waals surface area contributed by atoms with Gasteiger partial charge in [0, 0.05) is 19.6 Å². The summed E-state index contributed by atoms with van der Waals surface area (Å²) in [5, 5.41) is 3.37. The number of rotatable bonds is 4. The smallest absolute Gasteiger partial charge is 0.230 e. The number of piperidine rings is 1. The summed E-state index contributed by atoms with van der Waals surface area (Å²) in [6.07, 6.45) is 7.05. The van der Waals surface area contributed by atoms with Gasteiger partial charge in [-0.05, 0) is 38.1 Å². The van der Waals surface area contributed by atoms with Crippen LogP contribution in [0.15, 0.2) is 0 Å². The van der Waals surface area contributed by atoms with E-state index in [1.54, 1.807) is 0 Å². The fourth-order valence-corrected chi connectivity index (χ4v) is 3.55. The van der Waals surface area contributed by atoms with Crippen molar-refractivity contribution >= 4 is 5.91 Å². The van der Waals surface area contributed by atoms with Crippen molar-refractivity contribution in [2.24, 2.45) is 11.3 Å². The molecule has 3 heteroatoms. The summed E-state index contributed by atoms with van der Waals surface area (Å²) in [6, 6.07) is 0. The first kappa shape index (κ1) is 13.9. The van der Waals surface area contributed by atoms with Crippen LogP contribution in [0.5, 0.6) is 0 Å². The van der Waals surface area contributed by atoms with Crippen molar-refractivity contribution in [3.8, 4) is 0 Å². The molecule has 0 radical (unpaired) electrons. The molecule has 0 saturated carbocycles. The Labute approximate surface area is 111 Å². The molecule has 1 atom stereocenters. The molecule has 1 amide bonds. The number of amides is 1. The first-order valence-corrected chi connectivity index (χ1v) is 7.72. The van der Waals surface area contributed by atoms with E-state index in [0.29, 0.717) is 5.91 Å². The minimum Gasteiger partial charge on any atom is -0.342 e. The molecule has 1 unspecified atom stereocenters. The van der Waals surface area contributed by atoms with Gasteiger partial charge in [0.2, 0.25) is 5.91 Å².